The first-order valence-corrected chi connectivity index (χ1v) is 8.87. The van der Waals surface area contributed by atoms with Gasteiger partial charge in [-0.2, -0.15) is 16.9 Å². The highest BCUT2D eigenvalue weighted by Crippen LogP contribution is 2.22. The average molecular weight is 336 g/mol. The Morgan fingerprint density at radius 3 is 2.73 bits per heavy atom. The molecule has 0 atom stereocenters. The molecular formula is C14H13FN4OS2. The first-order chi connectivity index (χ1) is 10.7. The van der Waals surface area contributed by atoms with Gasteiger partial charge in [-0.3, -0.25) is 0 Å². The van der Waals surface area contributed by atoms with Crippen molar-refractivity contribution in [3.63, 3.8) is 0 Å². The van der Waals surface area contributed by atoms with E-state index in [0.29, 0.717) is 22.6 Å². The first-order valence-electron chi connectivity index (χ1n) is 6.49. The number of rotatable bonds is 6. The molecule has 2 heterocycles. The summed E-state index contributed by atoms with van der Waals surface area (Å²) in [5.41, 5.74) is 1.71. The minimum atomic E-state index is -0.260. The molecule has 0 amide bonds. The highest BCUT2D eigenvalue weighted by molar-refractivity contribution is 7.98. The molecule has 0 aliphatic rings. The summed E-state index contributed by atoms with van der Waals surface area (Å²) >= 11 is 3.08. The van der Waals surface area contributed by atoms with Crippen LogP contribution in [0.15, 0.2) is 46.2 Å². The van der Waals surface area contributed by atoms with Gasteiger partial charge >= 0.3 is 0 Å². The van der Waals surface area contributed by atoms with Gasteiger partial charge in [-0.25, -0.2) is 9.07 Å². The molecule has 0 bridgehead atoms. The van der Waals surface area contributed by atoms with Crippen LogP contribution in [0.25, 0.3) is 5.69 Å². The van der Waals surface area contributed by atoms with Crippen molar-refractivity contribution in [1.29, 1.82) is 0 Å². The second kappa shape index (κ2) is 6.97. The first kappa shape index (κ1) is 15.1. The average Bonchev–Trinajstić information content (AvgIpc) is 3.16. The van der Waals surface area contributed by atoms with Crippen LogP contribution in [0, 0.1) is 5.82 Å². The zero-order valence-electron chi connectivity index (χ0n) is 11.8. The molecule has 0 aliphatic carbocycles. The highest BCUT2D eigenvalue weighted by atomic mass is 32.2. The van der Waals surface area contributed by atoms with Crippen LogP contribution in [-0.4, -0.2) is 26.2 Å². The SMILES string of the molecule is CSCc1nnc(SCc2ccn(-c3ccc(F)cc3)n2)o1. The fourth-order valence-corrected chi connectivity index (χ4v) is 2.83. The zero-order valence-corrected chi connectivity index (χ0v) is 13.4. The smallest absolute Gasteiger partial charge is 0.276 e. The maximum atomic E-state index is 12.9. The van der Waals surface area contributed by atoms with Crippen molar-refractivity contribution in [2.24, 2.45) is 0 Å². The van der Waals surface area contributed by atoms with Crippen molar-refractivity contribution in [3.8, 4) is 5.69 Å². The number of benzene rings is 1. The van der Waals surface area contributed by atoms with Gasteiger partial charge in [0, 0.05) is 11.9 Å². The predicted octanol–water partition coefficient (Wildman–Crippen LogP) is 3.55. The summed E-state index contributed by atoms with van der Waals surface area (Å²) in [6.07, 6.45) is 3.83. The summed E-state index contributed by atoms with van der Waals surface area (Å²) in [6, 6.07) is 8.11. The number of nitrogens with zero attached hydrogens (tertiary/aromatic N) is 4. The monoisotopic (exact) mass is 336 g/mol. The molecule has 0 N–H and O–H groups in total. The van der Waals surface area contributed by atoms with E-state index in [4.69, 9.17) is 4.42 Å². The van der Waals surface area contributed by atoms with Crippen molar-refractivity contribution < 1.29 is 8.81 Å². The van der Waals surface area contributed by atoms with Crippen LogP contribution < -0.4 is 0 Å². The van der Waals surface area contributed by atoms with E-state index in [0.717, 1.165) is 11.4 Å². The quantitative estimate of drug-likeness (QED) is 0.642. The van der Waals surface area contributed by atoms with E-state index in [1.54, 1.807) is 28.6 Å². The van der Waals surface area contributed by atoms with Gasteiger partial charge in [0.15, 0.2) is 0 Å². The summed E-state index contributed by atoms with van der Waals surface area (Å²) in [5.74, 6) is 1.72. The van der Waals surface area contributed by atoms with Crippen LogP contribution in [0.3, 0.4) is 0 Å². The van der Waals surface area contributed by atoms with Gasteiger partial charge in [0.25, 0.3) is 5.22 Å². The molecule has 0 saturated heterocycles. The third-order valence-electron chi connectivity index (χ3n) is 2.80. The summed E-state index contributed by atoms with van der Waals surface area (Å²) in [7, 11) is 0. The topological polar surface area (TPSA) is 56.7 Å². The van der Waals surface area contributed by atoms with Crippen molar-refractivity contribution in [1.82, 2.24) is 20.0 Å². The zero-order chi connectivity index (χ0) is 15.4. The molecule has 0 saturated carbocycles. The molecule has 0 aliphatic heterocycles. The fourth-order valence-electron chi connectivity index (χ4n) is 1.79. The van der Waals surface area contributed by atoms with Gasteiger partial charge in [0.1, 0.15) is 5.82 Å². The van der Waals surface area contributed by atoms with Crippen LogP contribution >= 0.6 is 23.5 Å². The third-order valence-corrected chi connectivity index (χ3v) is 4.18. The van der Waals surface area contributed by atoms with Crippen molar-refractivity contribution >= 4 is 23.5 Å². The van der Waals surface area contributed by atoms with E-state index in [9.17, 15) is 4.39 Å². The van der Waals surface area contributed by atoms with E-state index in [1.165, 1.54) is 23.9 Å². The second-order valence-electron chi connectivity index (χ2n) is 4.41. The van der Waals surface area contributed by atoms with Gasteiger partial charge in [-0.15, -0.1) is 10.2 Å². The number of thioether (sulfide) groups is 2. The van der Waals surface area contributed by atoms with Crippen molar-refractivity contribution in [3.05, 3.63) is 53.9 Å². The van der Waals surface area contributed by atoms with Crippen LogP contribution in [-0.2, 0) is 11.5 Å². The number of hydrogen-bond donors (Lipinski definition) is 0. The minimum absolute atomic E-state index is 0.260. The molecule has 0 radical (unpaired) electrons. The molecule has 22 heavy (non-hydrogen) atoms. The molecule has 5 nitrogen and oxygen atoms in total. The largest absolute Gasteiger partial charge is 0.415 e. The van der Waals surface area contributed by atoms with Gasteiger partial charge in [-0.05, 0) is 36.6 Å². The molecule has 2 aromatic heterocycles. The third kappa shape index (κ3) is 3.69. The molecular weight excluding hydrogens is 323 g/mol. The highest BCUT2D eigenvalue weighted by Gasteiger charge is 2.08. The summed E-state index contributed by atoms with van der Waals surface area (Å²) in [4.78, 5) is 0. The maximum Gasteiger partial charge on any atom is 0.276 e. The molecule has 3 aromatic rings. The Balaban J connectivity index is 1.62. The van der Waals surface area contributed by atoms with Crippen molar-refractivity contribution in [2.45, 2.75) is 16.7 Å². The Morgan fingerprint density at radius 2 is 1.95 bits per heavy atom. The molecule has 0 unspecified atom stereocenters. The molecule has 0 fully saturated rings. The van der Waals surface area contributed by atoms with Crippen LogP contribution in [0.1, 0.15) is 11.6 Å². The Labute approximate surface area is 135 Å². The van der Waals surface area contributed by atoms with Gasteiger partial charge in [-0.1, -0.05) is 11.8 Å². The van der Waals surface area contributed by atoms with Gasteiger partial charge < -0.3 is 4.42 Å². The van der Waals surface area contributed by atoms with E-state index in [1.807, 2.05) is 18.5 Å². The lowest BCUT2D eigenvalue weighted by atomic mass is 10.3. The lowest BCUT2D eigenvalue weighted by Crippen LogP contribution is -1.95. The molecule has 114 valence electrons. The molecule has 3 rings (SSSR count). The molecule has 0 spiro atoms. The van der Waals surface area contributed by atoms with Crippen LogP contribution in [0.2, 0.25) is 0 Å². The van der Waals surface area contributed by atoms with Crippen LogP contribution in [0.5, 0.6) is 0 Å². The predicted molar refractivity (Wildman–Crippen MR) is 84.6 cm³/mol. The molecule has 1 aromatic carbocycles. The Bertz CT molecular complexity index is 741. The lowest BCUT2D eigenvalue weighted by molar-refractivity contribution is 0.426. The van der Waals surface area contributed by atoms with Gasteiger partial charge in [0.05, 0.1) is 17.1 Å². The summed E-state index contributed by atoms with van der Waals surface area (Å²) in [5, 5.41) is 12.9. The fraction of sp³-hybridized carbons (Fsp3) is 0.214. The van der Waals surface area contributed by atoms with Gasteiger partial charge in [0.2, 0.25) is 5.89 Å². The van der Waals surface area contributed by atoms with Crippen LogP contribution in [0.4, 0.5) is 4.39 Å². The number of hydrogen-bond acceptors (Lipinski definition) is 6. The standard InChI is InChI=1S/C14H13FN4OS2/c1-21-9-13-16-17-14(20-13)22-8-11-6-7-19(18-11)12-4-2-10(15)3-5-12/h2-7H,8-9H2,1H3. The summed E-state index contributed by atoms with van der Waals surface area (Å²) in [6.45, 7) is 0. The van der Waals surface area contributed by atoms with E-state index in [-0.39, 0.29) is 5.82 Å². The lowest BCUT2D eigenvalue weighted by Gasteiger charge is -2.00. The maximum absolute atomic E-state index is 12.9. The van der Waals surface area contributed by atoms with E-state index in [2.05, 4.69) is 15.3 Å². The van der Waals surface area contributed by atoms with Crippen molar-refractivity contribution in [2.75, 3.05) is 6.26 Å². The normalized spacial score (nSPS) is 11.0. The number of aromatic nitrogens is 4. The number of halogens is 1. The Morgan fingerprint density at radius 1 is 1.14 bits per heavy atom. The van der Waals surface area contributed by atoms with E-state index < -0.39 is 0 Å². The van der Waals surface area contributed by atoms with E-state index >= 15 is 0 Å². The Kier molecular flexibility index (Phi) is 4.79. The second-order valence-corrected chi connectivity index (χ2v) is 6.20. The minimum Gasteiger partial charge on any atom is -0.415 e. The Hall–Kier alpha value is -1.80. The summed E-state index contributed by atoms with van der Waals surface area (Å²) < 4.78 is 20.1. The molecule has 8 heteroatoms.